The standard InChI is InChI=1S/C16H22N2O/c1-13(11-14-5-3-2-4-6-14)12-17-9-10-18-16(19)15-7-8-15/h2-6,11,15,17H,7-10,12H2,1H3,(H,18,19)/b13-11-. The van der Waals surface area contributed by atoms with E-state index in [1.54, 1.807) is 0 Å². The molecule has 0 saturated heterocycles. The Hall–Kier alpha value is -1.61. The first kappa shape index (κ1) is 13.8. The zero-order valence-electron chi connectivity index (χ0n) is 11.5. The fourth-order valence-corrected chi connectivity index (χ4v) is 1.93. The van der Waals surface area contributed by atoms with Gasteiger partial charge in [0.05, 0.1) is 0 Å². The van der Waals surface area contributed by atoms with Crippen LogP contribution in [-0.2, 0) is 4.79 Å². The number of hydrogen-bond donors (Lipinski definition) is 2. The van der Waals surface area contributed by atoms with Gasteiger partial charge < -0.3 is 10.6 Å². The van der Waals surface area contributed by atoms with Crippen LogP contribution in [0.2, 0.25) is 0 Å². The van der Waals surface area contributed by atoms with Gasteiger partial charge in [0.25, 0.3) is 0 Å². The summed E-state index contributed by atoms with van der Waals surface area (Å²) in [6.45, 7) is 4.50. The Morgan fingerprint density at radius 3 is 2.68 bits per heavy atom. The zero-order valence-corrected chi connectivity index (χ0v) is 11.5. The van der Waals surface area contributed by atoms with Gasteiger partial charge in [-0.2, -0.15) is 0 Å². The molecule has 2 N–H and O–H groups in total. The number of hydrogen-bond acceptors (Lipinski definition) is 2. The van der Waals surface area contributed by atoms with E-state index < -0.39 is 0 Å². The van der Waals surface area contributed by atoms with Crippen LogP contribution in [0, 0.1) is 5.92 Å². The second-order valence-electron chi connectivity index (χ2n) is 5.14. The lowest BCUT2D eigenvalue weighted by atomic mass is 10.1. The van der Waals surface area contributed by atoms with Crippen LogP contribution in [0.15, 0.2) is 35.9 Å². The summed E-state index contributed by atoms with van der Waals surface area (Å²) in [5.41, 5.74) is 2.52. The van der Waals surface area contributed by atoms with Crippen molar-refractivity contribution in [3.8, 4) is 0 Å². The normalized spacial score (nSPS) is 15.3. The third-order valence-corrected chi connectivity index (χ3v) is 3.17. The topological polar surface area (TPSA) is 41.1 Å². The fourth-order valence-electron chi connectivity index (χ4n) is 1.93. The second kappa shape index (κ2) is 7.10. The molecule has 19 heavy (non-hydrogen) atoms. The Bertz CT molecular complexity index is 435. The molecule has 3 nitrogen and oxygen atoms in total. The Labute approximate surface area is 115 Å². The Morgan fingerprint density at radius 2 is 2.00 bits per heavy atom. The van der Waals surface area contributed by atoms with Crippen LogP contribution in [0.1, 0.15) is 25.3 Å². The van der Waals surface area contributed by atoms with Crippen molar-refractivity contribution in [2.75, 3.05) is 19.6 Å². The summed E-state index contributed by atoms with van der Waals surface area (Å²) in [5, 5.41) is 6.28. The molecule has 1 aromatic carbocycles. The fraction of sp³-hybridized carbons (Fsp3) is 0.438. The molecule has 0 heterocycles. The molecular weight excluding hydrogens is 236 g/mol. The molecule has 3 heteroatoms. The lowest BCUT2D eigenvalue weighted by Crippen LogP contribution is -2.33. The van der Waals surface area contributed by atoms with Crippen LogP contribution >= 0.6 is 0 Å². The van der Waals surface area contributed by atoms with E-state index in [9.17, 15) is 4.79 Å². The third-order valence-electron chi connectivity index (χ3n) is 3.17. The van der Waals surface area contributed by atoms with Gasteiger partial charge >= 0.3 is 0 Å². The molecule has 1 fully saturated rings. The average Bonchev–Trinajstić information content (AvgIpc) is 3.23. The van der Waals surface area contributed by atoms with Gasteiger partial charge in [-0.15, -0.1) is 0 Å². The molecule has 1 amide bonds. The molecule has 1 saturated carbocycles. The van der Waals surface area contributed by atoms with Gasteiger partial charge in [-0.3, -0.25) is 4.79 Å². The van der Waals surface area contributed by atoms with Crippen molar-refractivity contribution in [1.82, 2.24) is 10.6 Å². The van der Waals surface area contributed by atoms with Gasteiger partial charge in [0.1, 0.15) is 0 Å². The maximum atomic E-state index is 11.4. The maximum Gasteiger partial charge on any atom is 0.223 e. The van der Waals surface area contributed by atoms with Crippen molar-refractivity contribution in [2.45, 2.75) is 19.8 Å². The van der Waals surface area contributed by atoms with E-state index in [1.165, 1.54) is 11.1 Å². The summed E-state index contributed by atoms with van der Waals surface area (Å²) in [6.07, 6.45) is 4.31. The van der Waals surface area contributed by atoms with Crippen LogP contribution in [0.25, 0.3) is 6.08 Å². The number of carbonyl (C=O) groups is 1. The van der Waals surface area contributed by atoms with Crippen LogP contribution < -0.4 is 10.6 Å². The number of amides is 1. The molecule has 0 unspecified atom stereocenters. The maximum absolute atomic E-state index is 11.4. The molecule has 0 aromatic heterocycles. The van der Waals surface area contributed by atoms with E-state index in [0.29, 0.717) is 12.5 Å². The summed E-state index contributed by atoms with van der Waals surface area (Å²) < 4.78 is 0. The first-order chi connectivity index (χ1) is 9.25. The highest BCUT2D eigenvalue weighted by Crippen LogP contribution is 2.28. The predicted molar refractivity (Wildman–Crippen MR) is 78.7 cm³/mol. The SMILES string of the molecule is C/C(=C/c1ccccc1)CNCCNC(=O)C1CC1. The number of nitrogens with one attached hydrogen (secondary N) is 2. The highest BCUT2D eigenvalue weighted by Gasteiger charge is 2.28. The molecule has 2 rings (SSSR count). The van der Waals surface area contributed by atoms with E-state index in [1.807, 2.05) is 18.2 Å². The van der Waals surface area contributed by atoms with Crippen molar-refractivity contribution in [3.63, 3.8) is 0 Å². The van der Waals surface area contributed by atoms with Gasteiger partial charge in [-0.25, -0.2) is 0 Å². The summed E-state index contributed by atoms with van der Waals surface area (Å²) >= 11 is 0. The van der Waals surface area contributed by atoms with Gasteiger partial charge in [0.2, 0.25) is 5.91 Å². The second-order valence-corrected chi connectivity index (χ2v) is 5.14. The molecule has 0 atom stereocenters. The average molecular weight is 258 g/mol. The largest absolute Gasteiger partial charge is 0.355 e. The van der Waals surface area contributed by atoms with Gasteiger partial charge in [0.15, 0.2) is 0 Å². The van der Waals surface area contributed by atoms with Gasteiger partial charge in [-0.1, -0.05) is 42.0 Å². The van der Waals surface area contributed by atoms with E-state index in [4.69, 9.17) is 0 Å². The molecule has 102 valence electrons. The summed E-state index contributed by atoms with van der Waals surface area (Å²) in [7, 11) is 0. The van der Waals surface area contributed by atoms with Crippen LogP contribution in [-0.4, -0.2) is 25.5 Å². The monoisotopic (exact) mass is 258 g/mol. The molecule has 0 radical (unpaired) electrons. The summed E-state index contributed by atoms with van der Waals surface area (Å²) in [4.78, 5) is 11.4. The lowest BCUT2D eigenvalue weighted by molar-refractivity contribution is -0.122. The van der Waals surface area contributed by atoms with E-state index in [2.05, 4.69) is 35.8 Å². The van der Waals surface area contributed by atoms with Crippen molar-refractivity contribution in [2.24, 2.45) is 5.92 Å². The minimum Gasteiger partial charge on any atom is -0.355 e. The van der Waals surface area contributed by atoms with E-state index >= 15 is 0 Å². The first-order valence-electron chi connectivity index (χ1n) is 6.96. The third kappa shape index (κ3) is 5.26. The molecule has 1 aliphatic rings. The smallest absolute Gasteiger partial charge is 0.223 e. The molecule has 1 aliphatic carbocycles. The minimum absolute atomic E-state index is 0.221. The molecule has 0 aliphatic heterocycles. The Balaban J connectivity index is 1.59. The number of rotatable bonds is 7. The summed E-state index contributed by atoms with van der Waals surface area (Å²) in [5.74, 6) is 0.526. The van der Waals surface area contributed by atoms with E-state index in [0.717, 1.165) is 25.9 Å². The van der Waals surface area contributed by atoms with Crippen LogP contribution in [0.3, 0.4) is 0 Å². The van der Waals surface area contributed by atoms with Gasteiger partial charge in [-0.05, 0) is 25.3 Å². The Kier molecular flexibility index (Phi) is 5.16. The van der Waals surface area contributed by atoms with Crippen molar-refractivity contribution < 1.29 is 4.79 Å². The Morgan fingerprint density at radius 1 is 1.26 bits per heavy atom. The highest BCUT2D eigenvalue weighted by molar-refractivity contribution is 5.80. The predicted octanol–water partition coefficient (Wildman–Crippen LogP) is 2.21. The van der Waals surface area contributed by atoms with Gasteiger partial charge in [0, 0.05) is 25.6 Å². The molecule has 1 aromatic rings. The van der Waals surface area contributed by atoms with Crippen LogP contribution in [0.5, 0.6) is 0 Å². The summed E-state index contributed by atoms with van der Waals surface area (Å²) in [6, 6.07) is 10.3. The van der Waals surface area contributed by atoms with E-state index in [-0.39, 0.29) is 5.91 Å². The van der Waals surface area contributed by atoms with Crippen LogP contribution in [0.4, 0.5) is 0 Å². The quantitative estimate of drug-likeness (QED) is 0.736. The molecule has 0 spiro atoms. The number of benzene rings is 1. The molecule has 0 bridgehead atoms. The van der Waals surface area contributed by atoms with Crippen molar-refractivity contribution >= 4 is 12.0 Å². The number of carbonyl (C=O) groups excluding carboxylic acids is 1. The lowest BCUT2D eigenvalue weighted by Gasteiger charge is -2.07. The molecular formula is C16H22N2O. The van der Waals surface area contributed by atoms with Crippen molar-refractivity contribution in [1.29, 1.82) is 0 Å². The first-order valence-corrected chi connectivity index (χ1v) is 6.96. The minimum atomic E-state index is 0.221. The van der Waals surface area contributed by atoms with Crippen molar-refractivity contribution in [3.05, 3.63) is 41.5 Å². The highest BCUT2D eigenvalue weighted by atomic mass is 16.2. The zero-order chi connectivity index (χ0) is 13.5.